The quantitative estimate of drug-likeness (QED) is 0.326. The van der Waals surface area contributed by atoms with Crippen molar-refractivity contribution in [3.8, 4) is 0 Å². The minimum Gasteiger partial charge on any atom is -0.394 e. The standard InChI is InChI=1S/C17H22N4O5/c18-15(24)13(21-16(25)12(10-22)20-17(21)26)7-4-8-19-14(23)9-11-5-2-1-3-6-11/h1-3,5-6,12-13,22H,4,7-10H2,(H2,18,24)(H,19,23)(H,20,26). The molecule has 0 radical (unpaired) electrons. The summed E-state index contributed by atoms with van der Waals surface area (Å²) in [4.78, 5) is 48.2. The molecule has 5 amide bonds. The third-order valence-corrected chi connectivity index (χ3v) is 4.06. The second-order valence-electron chi connectivity index (χ2n) is 5.97. The van der Waals surface area contributed by atoms with Crippen molar-refractivity contribution in [2.45, 2.75) is 31.3 Å². The van der Waals surface area contributed by atoms with Crippen LogP contribution in [0, 0.1) is 0 Å². The molecule has 0 saturated carbocycles. The summed E-state index contributed by atoms with van der Waals surface area (Å²) in [6, 6.07) is 6.31. The Balaban J connectivity index is 1.82. The highest BCUT2D eigenvalue weighted by atomic mass is 16.3. The van der Waals surface area contributed by atoms with Gasteiger partial charge in [-0.1, -0.05) is 30.3 Å². The number of nitrogens with one attached hydrogen (secondary N) is 2. The van der Waals surface area contributed by atoms with Gasteiger partial charge >= 0.3 is 6.03 Å². The normalized spacial score (nSPS) is 17.7. The lowest BCUT2D eigenvalue weighted by molar-refractivity contribution is -0.135. The summed E-state index contributed by atoms with van der Waals surface area (Å²) in [5.41, 5.74) is 6.19. The number of primary amides is 1. The van der Waals surface area contributed by atoms with Gasteiger partial charge in [-0.05, 0) is 18.4 Å². The van der Waals surface area contributed by atoms with Crippen molar-refractivity contribution < 1.29 is 24.3 Å². The Labute approximate surface area is 150 Å². The molecule has 26 heavy (non-hydrogen) atoms. The maximum absolute atomic E-state index is 12.0. The molecule has 0 aliphatic carbocycles. The highest BCUT2D eigenvalue weighted by molar-refractivity contribution is 6.07. The number of hydrogen-bond acceptors (Lipinski definition) is 5. The maximum atomic E-state index is 12.0. The van der Waals surface area contributed by atoms with E-state index in [2.05, 4.69) is 10.6 Å². The first-order valence-electron chi connectivity index (χ1n) is 8.28. The van der Waals surface area contributed by atoms with Gasteiger partial charge in [0.05, 0.1) is 13.0 Å². The van der Waals surface area contributed by atoms with E-state index in [9.17, 15) is 19.2 Å². The Bertz CT molecular complexity index is 679. The molecule has 2 unspecified atom stereocenters. The van der Waals surface area contributed by atoms with E-state index in [0.717, 1.165) is 10.5 Å². The van der Waals surface area contributed by atoms with Crippen LogP contribution >= 0.6 is 0 Å². The molecule has 0 bridgehead atoms. The van der Waals surface area contributed by atoms with E-state index >= 15 is 0 Å². The molecule has 1 aromatic rings. The Morgan fingerprint density at radius 2 is 1.96 bits per heavy atom. The fourth-order valence-electron chi connectivity index (χ4n) is 2.73. The first kappa shape index (κ1) is 19.4. The smallest absolute Gasteiger partial charge is 0.325 e. The lowest BCUT2D eigenvalue weighted by Gasteiger charge is -2.22. The van der Waals surface area contributed by atoms with E-state index in [1.807, 2.05) is 30.3 Å². The van der Waals surface area contributed by atoms with Gasteiger partial charge in [0.1, 0.15) is 12.1 Å². The fraction of sp³-hybridized carbons (Fsp3) is 0.412. The number of nitrogens with two attached hydrogens (primary N) is 1. The van der Waals surface area contributed by atoms with E-state index in [0.29, 0.717) is 6.42 Å². The molecule has 2 rings (SSSR count). The minimum absolute atomic E-state index is 0.123. The number of aliphatic hydroxyl groups is 1. The zero-order valence-corrected chi connectivity index (χ0v) is 14.2. The number of benzene rings is 1. The topological polar surface area (TPSA) is 142 Å². The molecule has 1 aromatic carbocycles. The van der Waals surface area contributed by atoms with Crippen molar-refractivity contribution in [1.29, 1.82) is 0 Å². The summed E-state index contributed by atoms with van der Waals surface area (Å²) in [6.07, 6.45) is 0.721. The number of imide groups is 1. The molecule has 1 aliphatic rings. The molecule has 9 heteroatoms. The number of amides is 5. The van der Waals surface area contributed by atoms with Crippen molar-refractivity contribution in [2.24, 2.45) is 5.73 Å². The predicted octanol–water partition coefficient (Wildman–Crippen LogP) is -1.11. The summed E-state index contributed by atoms with van der Waals surface area (Å²) in [5.74, 6) is -1.67. The second kappa shape index (κ2) is 8.95. The summed E-state index contributed by atoms with van der Waals surface area (Å²) in [6.45, 7) is -0.273. The van der Waals surface area contributed by atoms with Crippen molar-refractivity contribution in [1.82, 2.24) is 15.5 Å². The number of carbonyl (C=O) groups is 4. The van der Waals surface area contributed by atoms with Crippen molar-refractivity contribution in [3.05, 3.63) is 35.9 Å². The van der Waals surface area contributed by atoms with Crippen LogP contribution in [0.2, 0.25) is 0 Å². The predicted molar refractivity (Wildman–Crippen MR) is 91.6 cm³/mol. The SMILES string of the molecule is NC(=O)C(CCCNC(=O)Cc1ccccc1)N1C(=O)NC(CO)C1=O. The van der Waals surface area contributed by atoms with Crippen molar-refractivity contribution in [3.63, 3.8) is 0 Å². The minimum atomic E-state index is -1.12. The summed E-state index contributed by atoms with van der Waals surface area (Å²) in [5, 5.41) is 14.1. The average Bonchev–Trinajstić information content (AvgIpc) is 2.89. The third kappa shape index (κ3) is 4.79. The summed E-state index contributed by atoms with van der Waals surface area (Å²) in [7, 11) is 0. The van der Waals surface area contributed by atoms with Gasteiger partial charge in [-0.3, -0.25) is 14.4 Å². The molecule has 2 atom stereocenters. The molecule has 140 valence electrons. The molecule has 0 spiro atoms. The van der Waals surface area contributed by atoms with E-state index in [-0.39, 0.29) is 25.3 Å². The van der Waals surface area contributed by atoms with Crippen molar-refractivity contribution in [2.75, 3.05) is 13.2 Å². The van der Waals surface area contributed by atoms with Gasteiger partial charge in [-0.2, -0.15) is 0 Å². The third-order valence-electron chi connectivity index (χ3n) is 4.06. The van der Waals surface area contributed by atoms with E-state index in [1.165, 1.54) is 0 Å². The number of aliphatic hydroxyl groups excluding tert-OH is 1. The number of rotatable bonds is 9. The molecule has 5 N–H and O–H groups in total. The molecule has 1 heterocycles. The van der Waals surface area contributed by atoms with Crippen LogP contribution < -0.4 is 16.4 Å². The maximum Gasteiger partial charge on any atom is 0.325 e. The molecule has 0 aromatic heterocycles. The van der Waals surface area contributed by atoms with Gasteiger partial charge in [0.25, 0.3) is 5.91 Å². The first-order valence-corrected chi connectivity index (χ1v) is 8.28. The molecule has 9 nitrogen and oxygen atoms in total. The summed E-state index contributed by atoms with van der Waals surface area (Å²) >= 11 is 0. The Hall–Kier alpha value is -2.94. The Morgan fingerprint density at radius 1 is 1.27 bits per heavy atom. The van der Waals surface area contributed by atoms with Gasteiger partial charge in [0, 0.05) is 6.54 Å². The van der Waals surface area contributed by atoms with Crippen LogP contribution in [0.15, 0.2) is 30.3 Å². The lowest BCUT2D eigenvalue weighted by Crippen LogP contribution is -2.49. The summed E-state index contributed by atoms with van der Waals surface area (Å²) < 4.78 is 0. The van der Waals surface area contributed by atoms with Gasteiger partial charge in [-0.15, -0.1) is 0 Å². The second-order valence-corrected chi connectivity index (χ2v) is 5.97. The molecular weight excluding hydrogens is 340 g/mol. The molecular formula is C17H22N4O5. The van der Waals surface area contributed by atoms with Gasteiger partial charge in [0.15, 0.2) is 0 Å². The van der Waals surface area contributed by atoms with Crippen LogP contribution in [0.1, 0.15) is 18.4 Å². The molecule has 1 saturated heterocycles. The van der Waals surface area contributed by atoms with Crippen LogP contribution in [0.5, 0.6) is 0 Å². The number of carbonyl (C=O) groups excluding carboxylic acids is 4. The number of hydrogen-bond donors (Lipinski definition) is 4. The highest BCUT2D eigenvalue weighted by Crippen LogP contribution is 2.14. The van der Waals surface area contributed by atoms with Crippen LogP contribution in [0.25, 0.3) is 0 Å². The van der Waals surface area contributed by atoms with Gasteiger partial charge in [0.2, 0.25) is 11.8 Å². The van der Waals surface area contributed by atoms with Gasteiger partial charge in [-0.25, -0.2) is 9.69 Å². The largest absolute Gasteiger partial charge is 0.394 e. The monoisotopic (exact) mass is 362 g/mol. The van der Waals surface area contributed by atoms with E-state index in [4.69, 9.17) is 10.8 Å². The van der Waals surface area contributed by atoms with Gasteiger partial charge < -0.3 is 21.5 Å². The van der Waals surface area contributed by atoms with Crippen LogP contribution in [-0.4, -0.2) is 59.0 Å². The Kier molecular flexibility index (Phi) is 6.67. The highest BCUT2D eigenvalue weighted by Gasteiger charge is 2.43. The zero-order valence-electron chi connectivity index (χ0n) is 14.2. The van der Waals surface area contributed by atoms with Crippen LogP contribution in [-0.2, 0) is 20.8 Å². The van der Waals surface area contributed by atoms with Crippen LogP contribution in [0.3, 0.4) is 0 Å². The van der Waals surface area contributed by atoms with E-state index in [1.54, 1.807) is 0 Å². The van der Waals surface area contributed by atoms with E-state index < -0.39 is 36.5 Å². The number of nitrogens with zero attached hydrogens (tertiary/aromatic N) is 1. The average molecular weight is 362 g/mol. The zero-order chi connectivity index (χ0) is 19.1. The lowest BCUT2D eigenvalue weighted by atomic mass is 10.1. The Morgan fingerprint density at radius 3 is 2.54 bits per heavy atom. The first-order chi connectivity index (χ1) is 12.4. The van der Waals surface area contributed by atoms with Crippen LogP contribution in [0.4, 0.5) is 4.79 Å². The molecule has 1 fully saturated rings. The van der Waals surface area contributed by atoms with Crippen molar-refractivity contribution >= 4 is 23.8 Å². The fourth-order valence-corrected chi connectivity index (χ4v) is 2.73. The molecule has 1 aliphatic heterocycles. The number of urea groups is 1.